The Hall–Kier alpha value is -0.0400. The van der Waals surface area contributed by atoms with Gasteiger partial charge in [-0.1, -0.05) is 40.5 Å². The van der Waals surface area contributed by atoms with E-state index in [1.807, 2.05) is 6.92 Å². The number of hydrogen-bond donors (Lipinski definition) is 1. The summed E-state index contributed by atoms with van der Waals surface area (Å²) in [7, 11) is 0. The molecule has 0 bridgehead atoms. The predicted octanol–water partition coefficient (Wildman–Crippen LogP) is 5.03. The topological polar surface area (TPSA) is 20.2 Å². The number of aliphatic hydroxyl groups excluding tert-OH is 1. The van der Waals surface area contributed by atoms with Crippen LogP contribution in [-0.4, -0.2) is 11.2 Å². The van der Waals surface area contributed by atoms with Crippen LogP contribution in [0.25, 0.3) is 0 Å². The lowest BCUT2D eigenvalue weighted by Gasteiger charge is -2.59. The summed E-state index contributed by atoms with van der Waals surface area (Å²) in [5, 5.41) is 9.65. The zero-order valence-corrected chi connectivity index (χ0v) is 13.7. The van der Waals surface area contributed by atoms with Gasteiger partial charge in [0.2, 0.25) is 0 Å². The maximum Gasteiger partial charge on any atom is 0.0512 e. The van der Waals surface area contributed by atoms with Crippen LogP contribution >= 0.6 is 0 Å². The molecular formula is C18H34O. The molecule has 112 valence electrons. The summed E-state index contributed by atoms with van der Waals surface area (Å²) in [6.45, 7) is 12.0. The molecule has 1 N–H and O–H groups in total. The second-order valence-corrected chi connectivity index (χ2v) is 8.49. The molecule has 0 aliphatic heterocycles. The van der Waals surface area contributed by atoms with E-state index >= 15 is 0 Å². The minimum Gasteiger partial charge on any atom is -0.393 e. The van der Waals surface area contributed by atoms with Gasteiger partial charge in [-0.15, -0.1) is 0 Å². The van der Waals surface area contributed by atoms with Crippen LogP contribution in [0.5, 0.6) is 0 Å². The highest BCUT2D eigenvalue weighted by molar-refractivity contribution is 5.02. The van der Waals surface area contributed by atoms with E-state index in [0.29, 0.717) is 10.8 Å². The maximum atomic E-state index is 9.65. The lowest BCUT2D eigenvalue weighted by molar-refractivity contribution is -0.0982. The summed E-state index contributed by atoms with van der Waals surface area (Å²) < 4.78 is 0. The summed E-state index contributed by atoms with van der Waals surface area (Å²) in [6.07, 6.45) is 9.12. The maximum absolute atomic E-state index is 9.65. The number of hydrogen-bond acceptors (Lipinski definition) is 1. The van der Waals surface area contributed by atoms with E-state index in [0.717, 1.165) is 24.2 Å². The molecule has 0 amide bonds. The third kappa shape index (κ3) is 2.86. The van der Waals surface area contributed by atoms with Crippen LogP contribution < -0.4 is 0 Å². The smallest absolute Gasteiger partial charge is 0.0512 e. The van der Waals surface area contributed by atoms with Crippen molar-refractivity contribution in [1.29, 1.82) is 0 Å². The molecule has 0 aromatic carbocycles. The van der Waals surface area contributed by atoms with Crippen LogP contribution in [0.15, 0.2) is 0 Å². The Bertz CT molecular complexity index is 307. The van der Waals surface area contributed by atoms with E-state index in [1.54, 1.807) is 0 Å². The molecule has 0 saturated heterocycles. The van der Waals surface area contributed by atoms with Gasteiger partial charge in [-0.2, -0.15) is 0 Å². The van der Waals surface area contributed by atoms with E-state index in [1.165, 1.54) is 38.5 Å². The third-order valence-electron chi connectivity index (χ3n) is 6.62. The van der Waals surface area contributed by atoms with Gasteiger partial charge in [-0.25, -0.2) is 0 Å². The van der Waals surface area contributed by atoms with Gasteiger partial charge in [-0.05, 0) is 67.6 Å². The van der Waals surface area contributed by atoms with Crippen molar-refractivity contribution in [1.82, 2.24) is 0 Å². The van der Waals surface area contributed by atoms with Gasteiger partial charge in [0.1, 0.15) is 0 Å². The highest BCUT2D eigenvalue weighted by atomic mass is 16.3. The quantitative estimate of drug-likeness (QED) is 0.760. The summed E-state index contributed by atoms with van der Waals surface area (Å²) in [5.41, 5.74) is 1.05. The van der Waals surface area contributed by atoms with E-state index in [9.17, 15) is 5.11 Å². The summed E-state index contributed by atoms with van der Waals surface area (Å²) in [5.74, 6) is 2.55. The molecule has 1 heteroatoms. The van der Waals surface area contributed by atoms with Crippen molar-refractivity contribution < 1.29 is 5.11 Å². The van der Waals surface area contributed by atoms with Crippen molar-refractivity contribution in [2.24, 2.45) is 28.6 Å². The first-order chi connectivity index (χ1) is 8.77. The molecule has 2 aliphatic carbocycles. The molecule has 0 heterocycles. The summed E-state index contributed by atoms with van der Waals surface area (Å²) in [6, 6.07) is 0. The van der Waals surface area contributed by atoms with Gasteiger partial charge in [0.05, 0.1) is 6.10 Å². The van der Waals surface area contributed by atoms with Gasteiger partial charge < -0.3 is 5.11 Å². The highest BCUT2D eigenvalue weighted by Crippen LogP contribution is 2.61. The largest absolute Gasteiger partial charge is 0.393 e. The fourth-order valence-electron chi connectivity index (χ4n) is 5.65. The standard InChI is InChI=1S/C18H34O/c1-13-7-10-16-17(3,4)11-6-12-18(16,5)15(13)9-8-14(2)19/h13-16,19H,6-12H2,1-5H3/t13?,14-,15-,16-,18+/m0/s1. The van der Waals surface area contributed by atoms with Crippen molar-refractivity contribution in [2.45, 2.75) is 85.7 Å². The molecule has 0 spiro atoms. The molecule has 2 saturated carbocycles. The Morgan fingerprint density at radius 3 is 2.47 bits per heavy atom. The van der Waals surface area contributed by atoms with Gasteiger partial charge in [0.15, 0.2) is 0 Å². The first-order valence-corrected chi connectivity index (χ1v) is 8.45. The highest BCUT2D eigenvalue weighted by Gasteiger charge is 2.53. The Balaban J connectivity index is 2.20. The third-order valence-corrected chi connectivity index (χ3v) is 6.62. The van der Waals surface area contributed by atoms with E-state index in [4.69, 9.17) is 0 Å². The summed E-state index contributed by atoms with van der Waals surface area (Å²) in [4.78, 5) is 0. The van der Waals surface area contributed by atoms with Crippen LogP contribution in [0, 0.1) is 28.6 Å². The normalized spacial score (nSPS) is 43.6. The van der Waals surface area contributed by atoms with Crippen molar-refractivity contribution >= 4 is 0 Å². The van der Waals surface area contributed by atoms with Crippen LogP contribution in [0.1, 0.15) is 79.6 Å². The minimum atomic E-state index is -0.132. The van der Waals surface area contributed by atoms with Gasteiger partial charge in [-0.3, -0.25) is 0 Å². The average molecular weight is 266 g/mol. The van der Waals surface area contributed by atoms with Gasteiger partial charge in [0.25, 0.3) is 0 Å². The minimum absolute atomic E-state index is 0.132. The molecule has 2 rings (SSSR count). The lowest BCUT2D eigenvalue weighted by atomic mass is 9.46. The second-order valence-electron chi connectivity index (χ2n) is 8.49. The Morgan fingerprint density at radius 2 is 1.84 bits per heavy atom. The molecule has 0 radical (unpaired) electrons. The molecular weight excluding hydrogens is 232 g/mol. The zero-order chi connectivity index (χ0) is 14.3. The molecule has 0 aromatic heterocycles. The monoisotopic (exact) mass is 266 g/mol. The fourth-order valence-corrected chi connectivity index (χ4v) is 5.65. The molecule has 1 nitrogen and oxygen atoms in total. The number of aliphatic hydroxyl groups is 1. The summed E-state index contributed by atoms with van der Waals surface area (Å²) >= 11 is 0. The SMILES string of the molecule is CC1CC[C@H]2C(C)(C)CCC[C@]2(C)[C@H]1CC[C@H](C)O. The van der Waals surface area contributed by atoms with Crippen LogP contribution in [0.2, 0.25) is 0 Å². The van der Waals surface area contributed by atoms with Crippen molar-refractivity contribution in [3.8, 4) is 0 Å². The Labute approximate surface area is 120 Å². The molecule has 19 heavy (non-hydrogen) atoms. The van der Waals surface area contributed by atoms with E-state index < -0.39 is 0 Å². The predicted molar refractivity (Wildman–Crippen MR) is 82.0 cm³/mol. The van der Waals surface area contributed by atoms with E-state index in [2.05, 4.69) is 27.7 Å². The first kappa shape index (κ1) is 15.4. The Kier molecular flexibility index (Phi) is 4.35. The number of fused-ring (bicyclic) bond motifs is 1. The molecule has 2 fully saturated rings. The van der Waals surface area contributed by atoms with Crippen LogP contribution in [0.4, 0.5) is 0 Å². The first-order valence-electron chi connectivity index (χ1n) is 8.45. The average Bonchev–Trinajstić information content (AvgIpc) is 2.26. The van der Waals surface area contributed by atoms with Crippen molar-refractivity contribution in [3.05, 3.63) is 0 Å². The molecule has 0 aromatic rings. The molecule has 5 atom stereocenters. The number of rotatable bonds is 3. The van der Waals surface area contributed by atoms with Gasteiger partial charge in [0, 0.05) is 0 Å². The molecule has 2 aliphatic rings. The Morgan fingerprint density at radius 1 is 1.16 bits per heavy atom. The second kappa shape index (κ2) is 5.39. The van der Waals surface area contributed by atoms with Crippen molar-refractivity contribution in [2.75, 3.05) is 0 Å². The van der Waals surface area contributed by atoms with Crippen LogP contribution in [0.3, 0.4) is 0 Å². The van der Waals surface area contributed by atoms with Gasteiger partial charge >= 0.3 is 0 Å². The lowest BCUT2D eigenvalue weighted by Crippen LogP contribution is -2.51. The van der Waals surface area contributed by atoms with Crippen LogP contribution in [-0.2, 0) is 0 Å². The zero-order valence-electron chi connectivity index (χ0n) is 13.7. The fraction of sp³-hybridized carbons (Fsp3) is 1.00. The van der Waals surface area contributed by atoms with Crippen molar-refractivity contribution in [3.63, 3.8) is 0 Å². The molecule has 1 unspecified atom stereocenters. The van der Waals surface area contributed by atoms with E-state index in [-0.39, 0.29) is 6.10 Å².